The normalized spacial score (nSPS) is 13.6. The van der Waals surface area contributed by atoms with Crippen molar-refractivity contribution >= 4 is 155 Å². The van der Waals surface area contributed by atoms with E-state index in [9.17, 15) is 0 Å². The fraction of sp³-hybridized carbons (Fsp3) is 0.333. The summed E-state index contributed by atoms with van der Waals surface area (Å²) in [6.45, 7) is 55.3. The molecule has 0 radical (unpaired) electrons. The van der Waals surface area contributed by atoms with Gasteiger partial charge in [0.25, 0.3) is 0 Å². The Kier molecular flexibility index (Phi) is 18.3. The molecule has 554 valence electrons. The number of halogens is 2. The standard InChI is InChI=1S/C96H96Br2N8.2Ni/c1-89(2,3)53-33-49(34-54(41-53)90(4,5)6)77-65-25-29-69(99-65)83(97)70-30-26-66(100-70)79(51-37-57(93(13,14)15)43-58(38-51)94(16,17)18)75-47-63-64-48-76-80(52-39-59(95(19,20)21)44-60(40-52)96(22,23)24)68-28-32-72(102-68)84(98)71-31-27-67(101-71)78(50-35-55(91(7,8)9)42-56(36-50)92(10,11)12)74-46-62-61-45-73(77)103-85(61)81(87(63)105-75)82(86(62)104-74)88(64)106-76;;/h25-48H,1-24H3;;/q-4;2*+2. The predicted molar refractivity (Wildman–Crippen MR) is 459 cm³/mol. The maximum atomic E-state index is 6.18. The van der Waals surface area contributed by atoms with E-state index in [2.05, 4.69) is 344 Å². The molecule has 0 saturated heterocycles. The molecule has 0 saturated carbocycles. The van der Waals surface area contributed by atoms with E-state index in [4.69, 9.17) is 39.9 Å². The molecule has 0 amide bonds. The van der Waals surface area contributed by atoms with Gasteiger partial charge in [-0.1, -0.05) is 275 Å². The molecule has 6 aromatic carbocycles. The van der Waals surface area contributed by atoms with Crippen LogP contribution in [0.3, 0.4) is 0 Å². The van der Waals surface area contributed by atoms with Gasteiger partial charge in [0.2, 0.25) is 0 Å². The number of benzene rings is 6. The molecule has 108 heavy (non-hydrogen) atoms. The molecule has 0 N–H and O–H groups in total. The van der Waals surface area contributed by atoms with Gasteiger partial charge < -0.3 is 19.9 Å². The molecule has 0 spiro atoms. The Bertz CT molecular complexity index is 5850. The molecule has 12 heteroatoms. The van der Waals surface area contributed by atoms with Gasteiger partial charge in [0.15, 0.2) is 0 Å². The van der Waals surface area contributed by atoms with Crippen molar-refractivity contribution in [3.05, 3.63) is 198 Å². The first-order valence-electron chi connectivity index (χ1n) is 37.6. The average molecular weight is 1640 g/mol. The third-order valence-corrected chi connectivity index (χ3v) is 23.8. The third kappa shape index (κ3) is 13.2. The Hall–Kier alpha value is -7.97. The number of nitrogens with zero attached hydrogens (tertiary/aromatic N) is 8. The molecular formula is C96H96Br2N8Ni2. The van der Waals surface area contributed by atoms with E-state index in [0.29, 0.717) is 0 Å². The van der Waals surface area contributed by atoms with Gasteiger partial charge in [-0.2, -0.15) is 0 Å². The summed E-state index contributed by atoms with van der Waals surface area (Å²) in [6.07, 6.45) is 8.58. The van der Waals surface area contributed by atoms with Gasteiger partial charge >= 0.3 is 33.0 Å². The van der Waals surface area contributed by atoms with Crippen molar-refractivity contribution in [3.8, 4) is 44.5 Å². The number of aromatic nitrogens is 8. The minimum absolute atomic E-state index is 0. The van der Waals surface area contributed by atoms with Gasteiger partial charge in [0.1, 0.15) is 0 Å². The molecule has 0 atom stereocenters. The van der Waals surface area contributed by atoms with E-state index >= 15 is 0 Å². The van der Waals surface area contributed by atoms with E-state index in [0.717, 1.165) is 175 Å². The van der Waals surface area contributed by atoms with Gasteiger partial charge in [-0.3, -0.25) is 0 Å². The number of hydrogen-bond acceptors (Lipinski definition) is 4. The summed E-state index contributed by atoms with van der Waals surface area (Å²) in [6, 6.07) is 46.5. The second-order valence-electron chi connectivity index (χ2n) is 38.6. The maximum absolute atomic E-state index is 6.18. The van der Waals surface area contributed by atoms with Crippen LogP contribution in [0.4, 0.5) is 0 Å². The van der Waals surface area contributed by atoms with E-state index in [1.807, 2.05) is 0 Å². The second-order valence-corrected chi connectivity index (χ2v) is 40.1. The summed E-state index contributed by atoms with van der Waals surface area (Å²) in [4.78, 5) is 47.5. The van der Waals surface area contributed by atoms with Crippen molar-refractivity contribution in [3.63, 3.8) is 0 Å². The van der Waals surface area contributed by atoms with Crippen LogP contribution in [0.1, 0.15) is 233 Å². The summed E-state index contributed by atoms with van der Waals surface area (Å²) in [7, 11) is 0. The van der Waals surface area contributed by atoms with Crippen molar-refractivity contribution in [2.24, 2.45) is 0 Å². The SMILES string of the molecule is CC(C)(C)c1cc(-c2c3nc(c(Br)c4ccc([n-]4)c(-c4cc(C(C)(C)C)cc(C(C)(C)C)c4)c4cc5c6cc7nc6c6c8[n-]c(cc8c8cc2[n-]c8c6c5n4)c(-c2cc(C(C)(C)C)cc(C(C)(C)C)c2)c2nc(c(Br)c4ccc([n-]4)c7-c4cc(C(C)(C)C)cc(C(C)(C)C)c4)C=C2)C=C3)cc(C(C)(C)C)c1.[Ni+2].[Ni+2]. The first-order chi connectivity index (χ1) is 49.3. The van der Waals surface area contributed by atoms with Crippen LogP contribution in [-0.2, 0) is 76.3 Å². The number of hydrogen-bond donors (Lipinski definition) is 0. The summed E-state index contributed by atoms with van der Waals surface area (Å²) in [5.41, 5.74) is 28.9. The fourth-order valence-electron chi connectivity index (χ4n) is 15.5. The zero-order valence-corrected chi connectivity index (χ0v) is 72.0. The molecule has 0 fully saturated rings. The molecule has 8 nitrogen and oxygen atoms in total. The van der Waals surface area contributed by atoms with Gasteiger partial charge in [-0.05, 0) is 222 Å². The second kappa shape index (κ2) is 25.8. The Morgan fingerprint density at radius 3 is 0.769 bits per heavy atom. The number of fused-ring (bicyclic) bond motifs is 14. The van der Waals surface area contributed by atoms with Crippen LogP contribution >= 0.6 is 31.9 Å². The monoisotopic (exact) mass is 1630 g/mol. The van der Waals surface area contributed by atoms with Gasteiger partial charge in [0, 0.05) is 19.7 Å². The fourth-order valence-corrected chi connectivity index (χ4v) is 16.4. The van der Waals surface area contributed by atoms with Crippen LogP contribution < -0.4 is 19.9 Å². The number of rotatable bonds is 4. The summed E-state index contributed by atoms with van der Waals surface area (Å²) in [5, 5.41) is 5.57. The van der Waals surface area contributed by atoms with Crippen molar-refractivity contribution in [1.82, 2.24) is 39.9 Å². The molecule has 0 aliphatic carbocycles. The molecular weight excluding hydrogens is 1540 g/mol. The zero-order chi connectivity index (χ0) is 75.7. The molecule has 16 rings (SSSR count). The molecule has 2 aliphatic rings. The minimum atomic E-state index is -0.190. The summed E-state index contributed by atoms with van der Waals surface area (Å²) < 4.78 is 1.58. The smallest absolute Gasteiger partial charge is 0.656 e. The molecule has 0 unspecified atom stereocenters. The van der Waals surface area contributed by atoms with Crippen molar-refractivity contribution < 1.29 is 33.0 Å². The van der Waals surface area contributed by atoms with Gasteiger partial charge in [-0.15, -0.1) is 44.1 Å². The predicted octanol–water partition coefficient (Wildman–Crippen LogP) is 26.7. The Balaban J connectivity index is 0.00000488. The quantitative estimate of drug-likeness (QED) is 0.160. The van der Waals surface area contributed by atoms with Gasteiger partial charge in [-0.25, -0.2) is 19.9 Å². The third-order valence-electron chi connectivity index (χ3n) is 22.2. The molecule has 8 aromatic heterocycles. The molecule has 16 bridgehead atoms. The average Bonchev–Trinajstić information content (AvgIpc) is 1.53. The van der Waals surface area contributed by atoms with Gasteiger partial charge in [0.05, 0.1) is 44.8 Å². The topological polar surface area (TPSA) is 108 Å². The Morgan fingerprint density at radius 1 is 0.250 bits per heavy atom. The van der Waals surface area contributed by atoms with Crippen LogP contribution in [0.5, 0.6) is 0 Å². The van der Waals surface area contributed by atoms with Crippen molar-refractivity contribution in [2.75, 3.05) is 0 Å². The summed E-state index contributed by atoms with van der Waals surface area (Å²) >= 11 is 8.33. The van der Waals surface area contributed by atoms with Crippen LogP contribution in [0.25, 0.3) is 167 Å². The Morgan fingerprint density at radius 2 is 0.500 bits per heavy atom. The van der Waals surface area contributed by atoms with Crippen LogP contribution in [0.2, 0.25) is 0 Å². The Labute approximate surface area is 673 Å². The van der Waals surface area contributed by atoms with Crippen LogP contribution in [0, 0.1) is 0 Å². The van der Waals surface area contributed by atoms with Crippen LogP contribution in [0.15, 0.2) is 130 Å². The maximum Gasteiger partial charge on any atom is 2.00 e. The molecule has 2 aliphatic heterocycles. The minimum Gasteiger partial charge on any atom is -0.656 e. The van der Waals surface area contributed by atoms with Crippen molar-refractivity contribution in [2.45, 2.75) is 209 Å². The largest absolute Gasteiger partial charge is 2.00 e. The zero-order valence-electron chi connectivity index (χ0n) is 66.8. The first-order valence-corrected chi connectivity index (χ1v) is 39.2. The molecule has 10 heterocycles. The van der Waals surface area contributed by atoms with Crippen LogP contribution in [-0.4, -0.2) is 19.9 Å². The summed E-state index contributed by atoms with van der Waals surface area (Å²) in [5.74, 6) is 0. The van der Waals surface area contributed by atoms with E-state index in [1.165, 1.54) is 44.5 Å². The first kappa shape index (κ1) is 76.8. The van der Waals surface area contributed by atoms with Crippen molar-refractivity contribution in [1.29, 1.82) is 0 Å². The van der Waals surface area contributed by atoms with E-state index in [1.54, 1.807) is 0 Å². The van der Waals surface area contributed by atoms with E-state index < -0.39 is 0 Å². The molecule has 14 aromatic rings. The van der Waals surface area contributed by atoms with E-state index in [-0.39, 0.29) is 76.3 Å².